The van der Waals surface area contributed by atoms with Crippen LogP contribution in [-0.2, 0) is 0 Å². The molecule has 7 heteroatoms. The van der Waals surface area contributed by atoms with Crippen LogP contribution >= 0.6 is 11.3 Å². The van der Waals surface area contributed by atoms with Crippen LogP contribution in [-0.4, -0.2) is 22.1 Å². The lowest BCUT2D eigenvalue weighted by Crippen LogP contribution is -2.20. The number of rotatable bonds is 1. The molecule has 86 valence electrons. The first-order valence-electron chi connectivity index (χ1n) is 4.78. The highest BCUT2D eigenvalue weighted by atomic mass is 32.1. The van der Waals surface area contributed by atoms with Crippen LogP contribution < -0.4 is 16.0 Å². The molecule has 0 saturated carbocycles. The third kappa shape index (κ3) is 1.36. The van der Waals surface area contributed by atoms with Gasteiger partial charge in [-0.2, -0.15) is 0 Å². The molecule has 0 unspecified atom stereocenters. The normalized spacial score (nSPS) is 11.1. The highest BCUT2D eigenvalue weighted by Gasteiger charge is 2.14. The molecule has 0 amide bonds. The largest absolute Gasteiger partial charge is 0.496 e. The number of aromatic amines is 2. The molecule has 0 fully saturated rings. The Labute approximate surface area is 97.9 Å². The average Bonchev–Trinajstić information content (AvgIpc) is 2.68. The summed E-state index contributed by atoms with van der Waals surface area (Å²) in [6.45, 7) is 0. The van der Waals surface area contributed by atoms with Gasteiger partial charge < -0.3 is 9.72 Å². The van der Waals surface area contributed by atoms with Crippen molar-refractivity contribution in [1.29, 1.82) is 0 Å². The lowest BCUT2D eigenvalue weighted by atomic mass is 10.3. The standard InChI is InChI=1S/C10H7N3O3S/c1-16-4-2-3-11-9-5(4)6-7(17-9)8(14)13-10(15)12-6/h2-3H,1H3,(H2,12,13,14,15). The van der Waals surface area contributed by atoms with Gasteiger partial charge in [-0.1, -0.05) is 0 Å². The third-order valence-electron chi connectivity index (χ3n) is 2.45. The molecule has 3 rings (SSSR count). The lowest BCUT2D eigenvalue weighted by Gasteiger charge is -2.00. The minimum Gasteiger partial charge on any atom is -0.496 e. The summed E-state index contributed by atoms with van der Waals surface area (Å²) in [6, 6.07) is 1.69. The van der Waals surface area contributed by atoms with Gasteiger partial charge in [-0.15, -0.1) is 11.3 Å². The fourth-order valence-corrected chi connectivity index (χ4v) is 2.76. The number of pyridine rings is 1. The number of nitrogens with one attached hydrogen (secondary N) is 2. The molecule has 0 aromatic carbocycles. The van der Waals surface area contributed by atoms with E-state index >= 15 is 0 Å². The van der Waals surface area contributed by atoms with E-state index in [1.54, 1.807) is 12.3 Å². The summed E-state index contributed by atoms with van der Waals surface area (Å²) in [6.07, 6.45) is 1.60. The molecule has 0 spiro atoms. The molecule has 3 aromatic heterocycles. The average molecular weight is 249 g/mol. The Morgan fingerprint density at radius 3 is 2.94 bits per heavy atom. The van der Waals surface area contributed by atoms with Crippen molar-refractivity contribution in [3.8, 4) is 5.75 Å². The van der Waals surface area contributed by atoms with Crippen molar-refractivity contribution < 1.29 is 4.74 Å². The van der Waals surface area contributed by atoms with Crippen molar-refractivity contribution in [2.24, 2.45) is 0 Å². The summed E-state index contributed by atoms with van der Waals surface area (Å²) < 4.78 is 5.65. The Balaban J connectivity index is 2.67. The highest BCUT2D eigenvalue weighted by molar-refractivity contribution is 7.25. The second-order valence-corrected chi connectivity index (χ2v) is 4.41. The Morgan fingerprint density at radius 2 is 2.18 bits per heavy atom. The van der Waals surface area contributed by atoms with Gasteiger partial charge in [0, 0.05) is 6.20 Å². The maximum Gasteiger partial charge on any atom is 0.326 e. The fraction of sp³-hybridized carbons (Fsp3) is 0.100. The quantitative estimate of drug-likeness (QED) is 0.668. The van der Waals surface area contributed by atoms with Crippen molar-refractivity contribution in [1.82, 2.24) is 15.0 Å². The predicted molar refractivity (Wildman–Crippen MR) is 64.9 cm³/mol. The van der Waals surface area contributed by atoms with Gasteiger partial charge >= 0.3 is 5.69 Å². The Hall–Kier alpha value is -2.15. The number of hydrogen-bond acceptors (Lipinski definition) is 5. The van der Waals surface area contributed by atoms with E-state index < -0.39 is 11.2 Å². The SMILES string of the molecule is COc1ccnc2sc3c(=O)[nH]c(=O)[nH]c3c12. The molecule has 0 saturated heterocycles. The molecule has 0 aliphatic carbocycles. The molecule has 0 atom stereocenters. The third-order valence-corrected chi connectivity index (χ3v) is 3.54. The number of fused-ring (bicyclic) bond motifs is 3. The second-order valence-electron chi connectivity index (χ2n) is 3.41. The first-order chi connectivity index (χ1) is 8.20. The molecular weight excluding hydrogens is 242 g/mol. The summed E-state index contributed by atoms with van der Waals surface area (Å²) in [5, 5.41) is 0.665. The number of thiophene rings is 1. The van der Waals surface area contributed by atoms with Crippen LogP contribution in [0.2, 0.25) is 0 Å². The number of nitrogens with zero attached hydrogens (tertiary/aromatic N) is 1. The van der Waals surface area contributed by atoms with Crippen LogP contribution in [0, 0.1) is 0 Å². The zero-order chi connectivity index (χ0) is 12.0. The number of H-pyrrole nitrogens is 2. The summed E-state index contributed by atoms with van der Waals surface area (Å²) in [7, 11) is 1.53. The second kappa shape index (κ2) is 3.42. The number of methoxy groups -OCH3 is 1. The molecule has 0 radical (unpaired) electrons. The number of hydrogen-bond donors (Lipinski definition) is 2. The summed E-state index contributed by atoms with van der Waals surface area (Å²) in [4.78, 5) is 32.5. The fourth-order valence-electron chi connectivity index (χ4n) is 1.75. The molecule has 3 aromatic rings. The van der Waals surface area contributed by atoms with Gasteiger partial charge in [0.2, 0.25) is 0 Å². The maximum atomic E-state index is 11.6. The zero-order valence-corrected chi connectivity index (χ0v) is 9.55. The van der Waals surface area contributed by atoms with Crippen LogP contribution in [0.4, 0.5) is 0 Å². The monoisotopic (exact) mass is 249 g/mol. The molecular formula is C10H7N3O3S. The molecule has 0 aliphatic heterocycles. The first kappa shape index (κ1) is 10.0. The molecule has 6 nitrogen and oxygen atoms in total. The summed E-state index contributed by atoms with van der Waals surface area (Å²) in [5.74, 6) is 0.586. The summed E-state index contributed by atoms with van der Waals surface area (Å²) >= 11 is 1.22. The van der Waals surface area contributed by atoms with Crippen molar-refractivity contribution in [2.45, 2.75) is 0 Å². The van der Waals surface area contributed by atoms with E-state index in [1.807, 2.05) is 0 Å². The first-order valence-corrected chi connectivity index (χ1v) is 5.60. The van der Waals surface area contributed by atoms with Gasteiger partial charge in [0.15, 0.2) is 0 Å². The van der Waals surface area contributed by atoms with Gasteiger partial charge in [0.05, 0.1) is 18.0 Å². The van der Waals surface area contributed by atoms with Crippen LogP contribution in [0.3, 0.4) is 0 Å². The lowest BCUT2D eigenvalue weighted by molar-refractivity contribution is 0.420. The van der Waals surface area contributed by atoms with Gasteiger partial charge in [0.1, 0.15) is 15.3 Å². The number of ether oxygens (including phenoxy) is 1. The van der Waals surface area contributed by atoms with E-state index in [4.69, 9.17) is 4.74 Å². The van der Waals surface area contributed by atoms with Crippen molar-refractivity contribution in [3.63, 3.8) is 0 Å². The van der Waals surface area contributed by atoms with Crippen LogP contribution in [0.5, 0.6) is 5.75 Å². The van der Waals surface area contributed by atoms with Crippen molar-refractivity contribution in [3.05, 3.63) is 33.1 Å². The molecule has 0 bridgehead atoms. The van der Waals surface area contributed by atoms with E-state index in [1.165, 1.54) is 18.4 Å². The van der Waals surface area contributed by atoms with Crippen molar-refractivity contribution >= 4 is 31.8 Å². The van der Waals surface area contributed by atoms with Gasteiger partial charge in [-0.3, -0.25) is 9.78 Å². The van der Waals surface area contributed by atoms with Crippen LogP contribution in [0.15, 0.2) is 21.9 Å². The van der Waals surface area contributed by atoms with Crippen molar-refractivity contribution in [2.75, 3.05) is 7.11 Å². The van der Waals surface area contributed by atoms with Crippen LogP contribution in [0.1, 0.15) is 0 Å². The van der Waals surface area contributed by atoms with E-state index in [-0.39, 0.29) is 0 Å². The van der Waals surface area contributed by atoms with E-state index in [9.17, 15) is 9.59 Å². The maximum absolute atomic E-state index is 11.6. The molecule has 17 heavy (non-hydrogen) atoms. The Morgan fingerprint density at radius 1 is 1.35 bits per heavy atom. The van der Waals surface area contributed by atoms with E-state index in [0.29, 0.717) is 26.2 Å². The molecule has 2 N–H and O–H groups in total. The topological polar surface area (TPSA) is 87.8 Å². The molecule has 0 aliphatic rings. The van der Waals surface area contributed by atoms with Gasteiger partial charge in [0.25, 0.3) is 5.56 Å². The van der Waals surface area contributed by atoms with E-state index in [0.717, 1.165) is 0 Å². The minimum absolute atomic E-state index is 0.409. The zero-order valence-electron chi connectivity index (χ0n) is 8.73. The minimum atomic E-state index is -0.534. The summed E-state index contributed by atoms with van der Waals surface area (Å²) in [5.41, 5.74) is -0.467. The predicted octanol–water partition coefficient (Wildman–Crippen LogP) is 0.835. The van der Waals surface area contributed by atoms with Crippen LogP contribution in [0.25, 0.3) is 20.4 Å². The highest BCUT2D eigenvalue weighted by Crippen LogP contribution is 2.34. The molecule has 3 heterocycles. The van der Waals surface area contributed by atoms with E-state index in [2.05, 4.69) is 15.0 Å². The smallest absolute Gasteiger partial charge is 0.326 e. The van der Waals surface area contributed by atoms with Gasteiger partial charge in [-0.25, -0.2) is 9.78 Å². The number of aromatic nitrogens is 3. The Bertz CT molecular complexity index is 830. The Kier molecular flexibility index (Phi) is 2.02. The van der Waals surface area contributed by atoms with Gasteiger partial charge in [-0.05, 0) is 6.07 Å².